The molecule has 0 atom stereocenters. The SMILES string of the molecule is CCNC(=NCCCS(C)(=O)=O)NCCc1c[nH]c2ccccc12. The zero-order valence-electron chi connectivity index (χ0n) is 14.3. The van der Waals surface area contributed by atoms with Crippen molar-refractivity contribution in [3.05, 3.63) is 36.0 Å². The molecule has 132 valence electrons. The van der Waals surface area contributed by atoms with Crippen LogP contribution >= 0.6 is 0 Å². The molecule has 1 aromatic heterocycles. The van der Waals surface area contributed by atoms with E-state index in [-0.39, 0.29) is 5.75 Å². The molecule has 24 heavy (non-hydrogen) atoms. The smallest absolute Gasteiger partial charge is 0.191 e. The second kappa shape index (κ2) is 8.73. The standard InChI is InChI=1S/C17H26N4O2S/c1-3-18-17(19-10-6-12-24(2,22)23)20-11-9-14-13-21-16-8-5-4-7-15(14)16/h4-5,7-8,13,21H,3,6,9-12H2,1-2H3,(H2,18,19,20). The molecule has 0 fully saturated rings. The maximum Gasteiger partial charge on any atom is 0.191 e. The Morgan fingerprint density at radius 1 is 1.25 bits per heavy atom. The first-order valence-corrected chi connectivity index (χ1v) is 10.3. The van der Waals surface area contributed by atoms with E-state index in [0.29, 0.717) is 13.0 Å². The number of aromatic amines is 1. The van der Waals surface area contributed by atoms with Crippen LogP contribution in [0.2, 0.25) is 0 Å². The van der Waals surface area contributed by atoms with Crippen LogP contribution in [-0.4, -0.2) is 51.0 Å². The number of aliphatic imine (C=N–C) groups is 1. The minimum absolute atomic E-state index is 0.172. The molecule has 0 saturated carbocycles. The number of nitrogens with zero attached hydrogens (tertiary/aromatic N) is 1. The summed E-state index contributed by atoms with van der Waals surface area (Å²) >= 11 is 0. The minimum atomic E-state index is -2.92. The van der Waals surface area contributed by atoms with E-state index < -0.39 is 9.84 Å². The quantitative estimate of drug-likeness (QED) is 0.384. The summed E-state index contributed by atoms with van der Waals surface area (Å²) < 4.78 is 22.3. The van der Waals surface area contributed by atoms with E-state index >= 15 is 0 Å². The van der Waals surface area contributed by atoms with E-state index in [2.05, 4.69) is 32.7 Å². The molecule has 2 aromatic rings. The molecule has 0 spiro atoms. The van der Waals surface area contributed by atoms with Gasteiger partial charge >= 0.3 is 0 Å². The lowest BCUT2D eigenvalue weighted by atomic mass is 10.1. The van der Waals surface area contributed by atoms with Gasteiger partial charge in [-0.3, -0.25) is 4.99 Å². The van der Waals surface area contributed by atoms with Gasteiger partial charge in [0.15, 0.2) is 5.96 Å². The van der Waals surface area contributed by atoms with E-state index in [1.54, 1.807) is 0 Å². The maximum absolute atomic E-state index is 11.1. The van der Waals surface area contributed by atoms with Gasteiger partial charge in [-0.15, -0.1) is 0 Å². The van der Waals surface area contributed by atoms with Crippen molar-refractivity contribution < 1.29 is 8.42 Å². The first-order valence-electron chi connectivity index (χ1n) is 8.24. The van der Waals surface area contributed by atoms with Crippen LogP contribution < -0.4 is 10.6 Å². The van der Waals surface area contributed by atoms with Crippen molar-refractivity contribution in [2.75, 3.05) is 31.6 Å². The van der Waals surface area contributed by atoms with Gasteiger partial charge in [-0.1, -0.05) is 18.2 Å². The average Bonchev–Trinajstić information content (AvgIpc) is 2.94. The number of hydrogen-bond donors (Lipinski definition) is 3. The molecule has 0 amide bonds. The number of sulfone groups is 1. The van der Waals surface area contributed by atoms with Crippen LogP contribution in [0, 0.1) is 0 Å². The molecule has 0 bridgehead atoms. The molecule has 1 heterocycles. The Morgan fingerprint density at radius 2 is 2.04 bits per heavy atom. The lowest BCUT2D eigenvalue weighted by molar-refractivity contribution is 0.599. The fourth-order valence-electron chi connectivity index (χ4n) is 2.51. The molecule has 7 heteroatoms. The summed E-state index contributed by atoms with van der Waals surface area (Å²) in [4.78, 5) is 7.70. The number of guanidine groups is 1. The molecule has 3 N–H and O–H groups in total. The number of aromatic nitrogens is 1. The van der Waals surface area contributed by atoms with Crippen molar-refractivity contribution in [3.8, 4) is 0 Å². The summed E-state index contributed by atoms with van der Waals surface area (Å²) in [6.45, 7) is 4.04. The Balaban J connectivity index is 1.84. The van der Waals surface area contributed by atoms with Crippen LogP contribution in [0.1, 0.15) is 18.9 Å². The Labute approximate surface area is 143 Å². The predicted molar refractivity (Wildman–Crippen MR) is 100 cm³/mol. The van der Waals surface area contributed by atoms with Gasteiger partial charge in [0.05, 0.1) is 5.75 Å². The number of fused-ring (bicyclic) bond motifs is 1. The first kappa shape index (κ1) is 18.3. The van der Waals surface area contributed by atoms with E-state index in [4.69, 9.17) is 0 Å². The molecular weight excluding hydrogens is 324 g/mol. The number of para-hydroxylation sites is 1. The summed E-state index contributed by atoms with van der Waals surface area (Å²) in [6, 6.07) is 8.25. The van der Waals surface area contributed by atoms with Crippen LogP contribution in [0.4, 0.5) is 0 Å². The highest BCUT2D eigenvalue weighted by Gasteiger charge is 2.04. The van der Waals surface area contributed by atoms with Crippen molar-refractivity contribution in [1.29, 1.82) is 0 Å². The molecular formula is C17H26N4O2S. The number of nitrogens with one attached hydrogen (secondary N) is 3. The highest BCUT2D eigenvalue weighted by molar-refractivity contribution is 7.90. The normalized spacial score (nSPS) is 12.5. The van der Waals surface area contributed by atoms with Crippen LogP contribution in [0.15, 0.2) is 35.5 Å². The number of H-pyrrole nitrogens is 1. The number of rotatable bonds is 8. The van der Waals surface area contributed by atoms with Gasteiger partial charge in [0.1, 0.15) is 9.84 Å². The van der Waals surface area contributed by atoms with E-state index in [1.165, 1.54) is 17.2 Å². The molecule has 0 aliphatic carbocycles. The molecule has 6 nitrogen and oxygen atoms in total. The second-order valence-corrected chi connectivity index (χ2v) is 8.04. The predicted octanol–water partition coefficient (Wildman–Crippen LogP) is 1.70. The summed E-state index contributed by atoms with van der Waals surface area (Å²) in [5.41, 5.74) is 2.42. The van der Waals surface area contributed by atoms with Gasteiger partial charge in [0.25, 0.3) is 0 Å². The zero-order valence-corrected chi connectivity index (χ0v) is 15.1. The lowest BCUT2D eigenvalue weighted by Crippen LogP contribution is -2.38. The van der Waals surface area contributed by atoms with Gasteiger partial charge in [-0.05, 0) is 31.4 Å². The molecule has 0 aliphatic rings. The fourth-order valence-corrected chi connectivity index (χ4v) is 3.17. The van der Waals surface area contributed by atoms with Crippen molar-refractivity contribution in [2.45, 2.75) is 19.8 Å². The maximum atomic E-state index is 11.1. The van der Waals surface area contributed by atoms with Gasteiger partial charge in [0.2, 0.25) is 0 Å². The number of benzene rings is 1. The summed E-state index contributed by atoms with van der Waals surface area (Å²) in [5, 5.41) is 7.72. The van der Waals surface area contributed by atoms with Crippen LogP contribution in [0.25, 0.3) is 10.9 Å². The van der Waals surface area contributed by atoms with Gasteiger partial charge in [0, 0.05) is 43.0 Å². The topological polar surface area (TPSA) is 86.3 Å². The molecule has 1 aromatic carbocycles. The largest absolute Gasteiger partial charge is 0.361 e. The highest BCUT2D eigenvalue weighted by atomic mass is 32.2. The highest BCUT2D eigenvalue weighted by Crippen LogP contribution is 2.17. The Kier molecular flexibility index (Phi) is 6.66. The van der Waals surface area contributed by atoms with Crippen molar-refractivity contribution in [3.63, 3.8) is 0 Å². The molecule has 0 radical (unpaired) electrons. The summed E-state index contributed by atoms with van der Waals surface area (Å²) in [7, 11) is -2.92. The van der Waals surface area contributed by atoms with E-state index in [0.717, 1.165) is 31.0 Å². The van der Waals surface area contributed by atoms with Crippen LogP contribution in [0.5, 0.6) is 0 Å². The zero-order chi connectivity index (χ0) is 17.4. The van der Waals surface area contributed by atoms with Gasteiger partial charge in [-0.25, -0.2) is 8.42 Å². The fraction of sp³-hybridized carbons (Fsp3) is 0.471. The van der Waals surface area contributed by atoms with E-state index in [1.807, 2.05) is 25.3 Å². The first-order chi connectivity index (χ1) is 11.5. The third kappa shape index (κ3) is 5.88. The second-order valence-electron chi connectivity index (χ2n) is 5.78. The third-order valence-corrected chi connectivity index (χ3v) is 4.68. The van der Waals surface area contributed by atoms with Gasteiger partial charge < -0.3 is 15.6 Å². The van der Waals surface area contributed by atoms with Crippen LogP contribution in [-0.2, 0) is 16.3 Å². The van der Waals surface area contributed by atoms with Crippen molar-refractivity contribution in [2.24, 2.45) is 4.99 Å². The van der Waals surface area contributed by atoms with Crippen LogP contribution in [0.3, 0.4) is 0 Å². The average molecular weight is 350 g/mol. The molecule has 0 saturated heterocycles. The summed E-state index contributed by atoms with van der Waals surface area (Å²) in [6.07, 6.45) is 4.72. The molecule has 0 aliphatic heterocycles. The Bertz CT molecular complexity index is 781. The third-order valence-electron chi connectivity index (χ3n) is 3.65. The Hall–Kier alpha value is -2.02. The number of hydrogen-bond acceptors (Lipinski definition) is 3. The van der Waals surface area contributed by atoms with E-state index in [9.17, 15) is 8.42 Å². The minimum Gasteiger partial charge on any atom is -0.361 e. The summed E-state index contributed by atoms with van der Waals surface area (Å²) in [5.74, 6) is 0.900. The van der Waals surface area contributed by atoms with Crippen molar-refractivity contribution >= 4 is 26.7 Å². The van der Waals surface area contributed by atoms with Crippen molar-refractivity contribution in [1.82, 2.24) is 15.6 Å². The van der Waals surface area contributed by atoms with Gasteiger partial charge in [-0.2, -0.15) is 0 Å². The lowest BCUT2D eigenvalue weighted by Gasteiger charge is -2.11. The molecule has 0 unspecified atom stereocenters. The molecule has 2 rings (SSSR count). The Morgan fingerprint density at radius 3 is 2.79 bits per heavy atom. The monoisotopic (exact) mass is 350 g/mol.